The molecule has 0 amide bonds. The third-order valence-corrected chi connectivity index (χ3v) is 2.53. The molecule has 7 heteroatoms. The lowest BCUT2D eigenvalue weighted by Crippen LogP contribution is -2.12. The average molecular weight is 303 g/mol. The van der Waals surface area contributed by atoms with Gasteiger partial charge >= 0.3 is 5.97 Å². The van der Waals surface area contributed by atoms with Crippen LogP contribution in [0.25, 0.3) is 0 Å². The summed E-state index contributed by atoms with van der Waals surface area (Å²) in [5.74, 6) is -5.12. The lowest BCUT2D eigenvalue weighted by molar-refractivity contribution is 0.0520. The molecule has 0 bridgehead atoms. The van der Waals surface area contributed by atoms with E-state index in [0.717, 1.165) is 12.8 Å². The van der Waals surface area contributed by atoms with E-state index >= 15 is 0 Å². The van der Waals surface area contributed by atoms with E-state index in [-0.39, 0.29) is 13.2 Å². The van der Waals surface area contributed by atoms with Gasteiger partial charge in [0.1, 0.15) is 12.4 Å². The molecule has 116 valence electrons. The first-order chi connectivity index (χ1) is 10.0. The van der Waals surface area contributed by atoms with E-state index in [1.54, 1.807) is 0 Å². The molecule has 4 nitrogen and oxygen atoms in total. The fraction of sp³-hybridized carbons (Fsp3) is 0.429. The van der Waals surface area contributed by atoms with Crippen molar-refractivity contribution in [1.29, 1.82) is 0 Å². The Morgan fingerprint density at radius 2 is 2.00 bits per heavy atom. The van der Waals surface area contributed by atoms with E-state index in [2.05, 4.69) is 9.89 Å². The van der Waals surface area contributed by atoms with Crippen LogP contribution in [-0.2, 0) is 9.57 Å². The van der Waals surface area contributed by atoms with Crippen LogP contribution in [0, 0.1) is 17.5 Å². The third-order valence-electron chi connectivity index (χ3n) is 2.53. The zero-order valence-corrected chi connectivity index (χ0v) is 11.8. The first-order valence-corrected chi connectivity index (χ1v) is 6.52. The number of benzene rings is 1. The Kier molecular flexibility index (Phi) is 6.71. The Morgan fingerprint density at radius 1 is 1.29 bits per heavy atom. The van der Waals surface area contributed by atoms with Gasteiger partial charge in [-0.15, -0.1) is 0 Å². The molecule has 0 saturated heterocycles. The van der Waals surface area contributed by atoms with Gasteiger partial charge in [0.05, 0.1) is 23.9 Å². The molecule has 0 fully saturated rings. The number of rotatable bonds is 7. The highest BCUT2D eigenvalue weighted by molar-refractivity contribution is 5.93. The number of carbonyl (C=O) groups excluding carboxylic acids is 1. The van der Waals surface area contributed by atoms with Gasteiger partial charge in [0.15, 0.2) is 11.6 Å². The second kappa shape index (κ2) is 8.28. The standard InChI is InChI=1S/C14H16F3NO3/c1-3-5-6-21-18-8-10-12(16)9(14(19)20-4-2)7-11(15)13(10)17/h7-8H,3-6H2,1-2H3/b18-8+. The SMILES string of the molecule is CCCCO/N=C/c1c(F)c(F)cc(C(=O)OCC)c1F. The quantitative estimate of drug-likeness (QED) is 0.255. The van der Waals surface area contributed by atoms with E-state index in [4.69, 9.17) is 4.84 Å². The monoisotopic (exact) mass is 303 g/mol. The smallest absolute Gasteiger partial charge is 0.341 e. The highest BCUT2D eigenvalue weighted by Gasteiger charge is 2.22. The van der Waals surface area contributed by atoms with E-state index in [0.29, 0.717) is 12.3 Å². The van der Waals surface area contributed by atoms with Crippen molar-refractivity contribution in [3.05, 3.63) is 34.6 Å². The highest BCUT2D eigenvalue weighted by atomic mass is 19.2. The Labute approximate surface area is 120 Å². The number of ether oxygens (including phenoxy) is 1. The van der Waals surface area contributed by atoms with Crippen molar-refractivity contribution in [2.45, 2.75) is 26.7 Å². The van der Waals surface area contributed by atoms with Crippen LogP contribution < -0.4 is 0 Å². The lowest BCUT2D eigenvalue weighted by Gasteiger charge is -2.07. The molecule has 1 aromatic carbocycles. The summed E-state index contributed by atoms with van der Waals surface area (Å²) in [6.07, 6.45) is 2.29. The third kappa shape index (κ3) is 4.47. The topological polar surface area (TPSA) is 47.9 Å². The van der Waals surface area contributed by atoms with Crippen molar-refractivity contribution >= 4 is 12.2 Å². The number of oxime groups is 1. The number of nitrogens with zero attached hydrogens (tertiary/aromatic N) is 1. The van der Waals surface area contributed by atoms with Crippen LogP contribution in [0.2, 0.25) is 0 Å². The predicted molar refractivity (Wildman–Crippen MR) is 70.7 cm³/mol. The van der Waals surface area contributed by atoms with Gasteiger partial charge in [0.25, 0.3) is 0 Å². The minimum absolute atomic E-state index is 0.0131. The van der Waals surface area contributed by atoms with Crippen LogP contribution in [0.5, 0.6) is 0 Å². The van der Waals surface area contributed by atoms with Crippen molar-refractivity contribution in [3.8, 4) is 0 Å². The fourth-order valence-electron chi connectivity index (χ4n) is 1.45. The molecular formula is C14H16F3NO3. The van der Waals surface area contributed by atoms with Crippen molar-refractivity contribution in [2.75, 3.05) is 13.2 Å². The van der Waals surface area contributed by atoms with Crippen molar-refractivity contribution in [1.82, 2.24) is 0 Å². The van der Waals surface area contributed by atoms with Crippen LogP contribution in [-0.4, -0.2) is 25.4 Å². The zero-order valence-electron chi connectivity index (χ0n) is 11.8. The molecule has 21 heavy (non-hydrogen) atoms. The molecular weight excluding hydrogens is 287 g/mol. The van der Waals surface area contributed by atoms with Crippen molar-refractivity contribution in [2.24, 2.45) is 5.16 Å². The summed E-state index contributed by atoms with van der Waals surface area (Å²) >= 11 is 0. The number of carbonyl (C=O) groups is 1. The van der Waals surface area contributed by atoms with Crippen molar-refractivity contribution < 1.29 is 27.5 Å². The van der Waals surface area contributed by atoms with Gasteiger partial charge in [-0.2, -0.15) is 0 Å². The molecule has 0 spiro atoms. The summed E-state index contributed by atoms with van der Waals surface area (Å²) in [5.41, 5.74) is -1.47. The number of unbranched alkanes of at least 4 members (excludes halogenated alkanes) is 1. The van der Waals surface area contributed by atoms with E-state index in [9.17, 15) is 18.0 Å². The summed E-state index contributed by atoms with van der Waals surface area (Å²) in [5, 5.41) is 3.36. The van der Waals surface area contributed by atoms with Crippen molar-refractivity contribution in [3.63, 3.8) is 0 Å². The van der Waals surface area contributed by atoms with Gasteiger partial charge in [0.2, 0.25) is 0 Å². The molecule has 1 rings (SSSR count). The van der Waals surface area contributed by atoms with Gasteiger partial charge < -0.3 is 9.57 Å². The van der Waals surface area contributed by atoms with Gasteiger partial charge in [-0.25, -0.2) is 18.0 Å². The molecule has 0 N–H and O–H groups in total. The first-order valence-electron chi connectivity index (χ1n) is 6.52. The normalized spacial score (nSPS) is 10.9. The maximum Gasteiger partial charge on any atom is 0.341 e. The number of hydrogen-bond donors (Lipinski definition) is 0. The molecule has 1 aromatic rings. The minimum atomic E-state index is -1.44. The predicted octanol–water partition coefficient (Wildman–Crippen LogP) is 3.43. The second-order valence-electron chi connectivity index (χ2n) is 4.09. The molecule has 0 saturated carbocycles. The average Bonchev–Trinajstić information content (AvgIpc) is 2.46. The van der Waals surface area contributed by atoms with Gasteiger partial charge in [-0.1, -0.05) is 18.5 Å². The molecule has 0 aliphatic heterocycles. The van der Waals surface area contributed by atoms with Crippen LogP contribution in [0.1, 0.15) is 42.6 Å². The Hall–Kier alpha value is -2.05. The molecule has 0 unspecified atom stereocenters. The van der Waals surface area contributed by atoms with Crippen LogP contribution in [0.3, 0.4) is 0 Å². The molecule has 0 aliphatic rings. The minimum Gasteiger partial charge on any atom is -0.462 e. The van der Waals surface area contributed by atoms with E-state index < -0.39 is 34.5 Å². The first kappa shape index (κ1) is 17.0. The summed E-state index contributed by atoms with van der Waals surface area (Å²) in [6.45, 7) is 3.71. The van der Waals surface area contributed by atoms with E-state index in [1.165, 1.54) is 6.92 Å². The molecule has 0 aromatic heterocycles. The number of esters is 1. The van der Waals surface area contributed by atoms with Crippen LogP contribution >= 0.6 is 0 Å². The molecule has 0 aliphatic carbocycles. The second-order valence-corrected chi connectivity index (χ2v) is 4.09. The van der Waals surface area contributed by atoms with Crippen LogP contribution in [0.4, 0.5) is 13.2 Å². The van der Waals surface area contributed by atoms with Gasteiger partial charge in [-0.3, -0.25) is 0 Å². The molecule has 0 atom stereocenters. The Balaban J connectivity index is 3.04. The summed E-state index contributed by atoms with van der Waals surface area (Å²) in [6, 6.07) is 0.456. The number of halogens is 3. The number of hydrogen-bond acceptors (Lipinski definition) is 4. The summed E-state index contributed by atoms with van der Waals surface area (Å²) < 4.78 is 45.5. The molecule has 0 heterocycles. The Morgan fingerprint density at radius 3 is 2.62 bits per heavy atom. The summed E-state index contributed by atoms with van der Waals surface area (Å²) in [7, 11) is 0. The fourth-order valence-corrected chi connectivity index (χ4v) is 1.45. The zero-order chi connectivity index (χ0) is 15.8. The van der Waals surface area contributed by atoms with E-state index in [1.807, 2.05) is 6.92 Å². The highest BCUT2D eigenvalue weighted by Crippen LogP contribution is 2.20. The lowest BCUT2D eigenvalue weighted by atomic mass is 10.1. The summed E-state index contributed by atoms with van der Waals surface area (Å²) in [4.78, 5) is 16.2. The maximum atomic E-state index is 14.0. The van der Waals surface area contributed by atoms with Gasteiger partial charge in [-0.05, 0) is 19.4 Å². The largest absolute Gasteiger partial charge is 0.462 e. The Bertz CT molecular complexity index is 533. The maximum absolute atomic E-state index is 14.0. The van der Waals surface area contributed by atoms with Gasteiger partial charge in [0, 0.05) is 0 Å². The van der Waals surface area contributed by atoms with Crippen LogP contribution in [0.15, 0.2) is 11.2 Å². The molecule has 0 radical (unpaired) electrons.